The number of halogens is 3. The Morgan fingerprint density at radius 2 is 2.04 bits per heavy atom. The van der Waals surface area contributed by atoms with E-state index in [-0.39, 0.29) is 30.2 Å². The fraction of sp³-hybridized carbons (Fsp3) is 0.222. The summed E-state index contributed by atoms with van der Waals surface area (Å²) < 4.78 is 40.3. The number of carbonyl (C=O) groups is 1. The van der Waals surface area contributed by atoms with Crippen molar-refractivity contribution in [3.63, 3.8) is 0 Å². The van der Waals surface area contributed by atoms with Crippen LogP contribution in [-0.2, 0) is 17.9 Å². The van der Waals surface area contributed by atoms with E-state index < -0.39 is 18.3 Å². The molecule has 1 heterocycles. The molecule has 0 atom stereocenters. The normalized spacial score (nSPS) is 11.0. The molecule has 3 aromatic rings. The second-order valence-corrected chi connectivity index (χ2v) is 6.14. The number of ether oxygens (including phenoxy) is 2. The van der Waals surface area contributed by atoms with E-state index in [2.05, 4.69) is 10.1 Å². The quantitative estimate of drug-likeness (QED) is 0.644. The predicted molar refractivity (Wildman–Crippen MR) is 97.0 cm³/mol. The molecule has 10 heteroatoms. The highest BCUT2D eigenvalue weighted by Crippen LogP contribution is 2.29. The Balaban J connectivity index is 1.68. The lowest BCUT2D eigenvalue weighted by atomic mass is 10.2. The van der Waals surface area contributed by atoms with Crippen LogP contribution >= 0.6 is 11.6 Å². The highest BCUT2D eigenvalue weighted by Gasteiger charge is 2.14. The Morgan fingerprint density at radius 3 is 2.75 bits per heavy atom. The second-order valence-electron chi connectivity index (χ2n) is 5.71. The van der Waals surface area contributed by atoms with Gasteiger partial charge in [0.05, 0.1) is 12.6 Å². The number of methoxy groups -OCH3 is 1. The number of amides is 1. The number of fused-ring (bicyclic) bond motifs is 1. The molecule has 0 spiro atoms. The standard InChI is InChI=1S/C18H15ClF2N2O5/c1-26-15-6-10(2-5-13(15)27-17(20)21)8-22-16(24)9-23-12-4-3-11(19)7-14(12)28-18(23)25/h2-7,17H,8-9H2,1H3,(H,22,24). The van der Waals surface area contributed by atoms with Crippen LogP contribution in [0, 0.1) is 0 Å². The van der Waals surface area contributed by atoms with E-state index in [4.69, 9.17) is 20.8 Å². The summed E-state index contributed by atoms with van der Waals surface area (Å²) in [5.41, 5.74) is 1.33. The van der Waals surface area contributed by atoms with Crippen molar-refractivity contribution in [2.24, 2.45) is 0 Å². The van der Waals surface area contributed by atoms with Gasteiger partial charge in [-0.3, -0.25) is 9.36 Å². The molecule has 0 aliphatic carbocycles. The van der Waals surface area contributed by atoms with E-state index in [1.165, 1.54) is 35.9 Å². The average molecular weight is 413 g/mol. The summed E-state index contributed by atoms with van der Waals surface area (Å²) in [6.07, 6.45) is 0. The van der Waals surface area contributed by atoms with Gasteiger partial charge >= 0.3 is 12.4 Å². The van der Waals surface area contributed by atoms with Crippen molar-refractivity contribution in [2.75, 3.05) is 7.11 Å². The Labute approximate surface area is 162 Å². The predicted octanol–water partition coefficient (Wildman–Crippen LogP) is 3.17. The van der Waals surface area contributed by atoms with Gasteiger partial charge in [-0.25, -0.2) is 4.79 Å². The Hall–Kier alpha value is -3.07. The summed E-state index contributed by atoms with van der Waals surface area (Å²) in [5.74, 6) is -1.11. The van der Waals surface area contributed by atoms with Gasteiger partial charge in [0.25, 0.3) is 0 Å². The molecular formula is C18H15ClF2N2O5. The van der Waals surface area contributed by atoms with Gasteiger partial charge in [-0.1, -0.05) is 17.7 Å². The van der Waals surface area contributed by atoms with Gasteiger partial charge in [-0.15, -0.1) is 0 Å². The smallest absolute Gasteiger partial charge is 0.420 e. The molecule has 0 aliphatic rings. The third-order valence-electron chi connectivity index (χ3n) is 3.87. The third-order valence-corrected chi connectivity index (χ3v) is 4.10. The number of oxazole rings is 1. The van der Waals surface area contributed by atoms with E-state index in [1.807, 2.05) is 0 Å². The van der Waals surface area contributed by atoms with Crippen molar-refractivity contribution in [3.05, 3.63) is 57.5 Å². The van der Waals surface area contributed by atoms with Gasteiger partial charge in [-0.05, 0) is 29.8 Å². The number of nitrogens with one attached hydrogen (secondary N) is 1. The van der Waals surface area contributed by atoms with Crippen LogP contribution < -0.4 is 20.5 Å². The number of benzene rings is 2. The molecule has 1 N–H and O–H groups in total. The molecule has 0 radical (unpaired) electrons. The molecule has 0 aliphatic heterocycles. The minimum atomic E-state index is -2.97. The summed E-state index contributed by atoms with van der Waals surface area (Å²) in [6, 6.07) is 8.97. The number of nitrogens with zero attached hydrogens (tertiary/aromatic N) is 1. The lowest BCUT2D eigenvalue weighted by Gasteiger charge is -2.12. The average Bonchev–Trinajstić information content (AvgIpc) is 2.94. The van der Waals surface area contributed by atoms with Crippen LogP contribution in [0.15, 0.2) is 45.6 Å². The van der Waals surface area contributed by atoms with Crippen LogP contribution in [0.1, 0.15) is 5.56 Å². The van der Waals surface area contributed by atoms with Crippen molar-refractivity contribution in [2.45, 2.75) is 19.7 Å². The van der Waals surface area contributed by atoms with Crippen LogP contribution in [0.5, 0.6) is 11.5 Å². The molecule has 0 unspecified atom stereocenters. The van der Waals surface area contributed by atoms with Gasteiger partial charge in [0.15, 0.2) is 17.1 Å². The molecule has 0 fully saturated rings. The first-order chi connectivity index (χ1) is 13.4. The molecular weight excluding hydrogens is 398 g/mol. The van der Waals surface area contributed by atoms with Crippen LogP contribution in [0.3, 0.4) is 0 Å². The van der Waals surface area contributed by atoms with E-state index in [0.717, 1.165) is 0 Å². The molecule has 7 nitrogen and oxygen atoms in total. The molecule has 1 amide bonds. The van der Waals surface area contributed by atoms with Crippen LogP contribution in [-0.4, -0.2) is 24.2 Å². The molecule has 148 valence electrons. The molecule has 0 bridgehead atoms. The maximum atomic E-state index is 12.4. The monoisotopic (exact) mass is 412 g/mol. The number of carbonyl (C=O) groups excluding carboxylic acids is 1. The molecule has 2 aromatic carbocycles. The fourth-order valence-corrected chi connectivity index (χ4v) is 2.77. The molecule has 28 heavy (non-hydrogen) atoms. The van der Waals surface area contributed by atoms with Gasteiger partial charge in [0.1, 0.15) is 6.54 Å². The van der Waals surface area contributed by atoms with E-state index >= 15 is 0 Å². The second kappa shape index (κ2) is 8.30. The zero-order valence-corrected chi connectivity index (χ0v) is 15.3. The first-order valence-corrected chi connectivity index (χ1v) is 8.42. The highest BCUT2D eigenvalue weighted by molar-refractivity contribution is 6.31. The number of alkyl halides is 2. The van der Waals surface area contributed by atoms with Crippen molar-refractivity contribution in [3.8, 4) is 11.5 Å². The lowest BCUT2D eigenvalue weighted by molar-refractivity contribution is -0.121. The summed E-state index contributed by atoms with van der Waals surface area (Å²) in [4.78, 5) is 24.2. The SMILES string of the molecule is COc1cc(CNC(=O)Cn2c(=O)oc3cc(Cl)ccc32)ccc1OC(F)F. The van der Waals surface area contributed by atoms with Gasteiger partial charge in [-0.2, -0.15) is 8.78 Å². The first kappa shape index (κ1) is 19.7. The van der Waals surface area contributed by atoms with E-state index in [9.17, 15) is 18.4 Å². The number of aromatic nitrogens is 1. The van der Waals surface area contributed by atoms with Gasteiger partial charge in [0, 0.05) is 17.6 Å². The maximum Gasteiger partial charge on any atom is 0.420 e. The van der Waals surface area contributed by atoms with Crippen molar-refractivity contribution in [1.29, 1.82) is 0 Å². The number of hydrogen-bond donors (Lipinski definition) is 1. The minimum Gasteiger partial charge on any atom is -0.493 e. The number of hydrogen-bond acceptors (Lipinski definition) is 5. The Bertz CT molecular complexity index is 1060. The lowest BCUT2D eigenvalue weighted by Crippen LogP contribution is -2.30. The van der Waals surface area contributed by atoms with Crippen molar-refractivity contribution >= 4 is 28.6 Å². The van der Waals surface area contributed by atoms with Crippen molar-refractivity contribution < 1.29 is 27.5 Å². The number of rotatable bonds is 7. The molecule has 1 aromatic heterocycles. The zero-order valence-electron chi connectivity index (χ0n) is 14.6. The largest absolute Gasteiger partial charge is 0.493 e. The topological polar surface area (TPSA) is 82.7 Å². The maximum absolute atomic E-state index is 12.4. The van der Waals surface area contributed by atoms with E-state index in [0.29, 0.717) is 16.1 Å². The van der Waals surface area contributed by atoms with Crippen LogP contribution in [0.2, 0.25) is 5.02 Å². The first-order valence-electron chi connectivity index (χ1n) is 8.04. The van der Waals surface area contributed by atoms with Gasteiger partial charge < -0.3 is 19.2 Å². The van der Waals surface area contributed by atoms with Crippen LogP contribution in [0.4, 0.5) is 8.78 Å². The van der Waals surface area contributed by atoms with Gasteiger partial charge in [0.2, 0.25) is 5.91 Å². The summed E-state index contributed by atoms with van der Waals surface area (Å²) in [6.45, 7) is -3.13. The fourth-order valence-electron chi connectivity index (χ4n) is 2.61. The Morgan fingerprint density at radius 1 is 1.25 bits per heavy atom. The zero-order chi connectivity index (χ0) is 20.3. The van der Waals surface area contributed by atoms with E-state index in [1.54, 1.807) is 12.1 Å². The molecule has 0 saturated carbocycles. The molecule has 3 rings (SSSR count). The Kier molecular flexibility index (Phi) is 5.84. The summed E-state index contributed by atoms with van der Waals surface area (Å²) in [5, 5.41) is 3.05. The molecule has 0 saturated heterocycles. The minimum absolute atomic E-state index is 0.0977. The van der Waals surface area contributed by atoms with Crippen molar-refractivity contribution in [1.82, 2.24) is 9.88 Å². The summed E-state index contributed by atoms with van der Waals surface area (Å²) in [7, 11) is 1.32. The van der Waals surface area contributed by atoms with Crippen LogP contribution in [0.25, 0.3) is 11.1 Å². The summed E-state index contributed by atoms with van der Waals surface area (Å²) >= 11 is 5.86. The highest BCUT2D eigenvalue weighted by atomic mass is 35.5. The third kappa shape index (κ3) is 4.42.